The lowest BCUT2D eigenvalue weighted by atomic mass is 9.96. The van der Waals surface area contributed by atoms with Gasteiger partial charge in [0.25, 0.3) is 0 Å². The van der Waals surface area contributed by atoms with Gasteiger partial charge in [-0.15, -0.1) is 0 Å². The van der Waals surface area contributed by atoms with Gasteiger partial charge in [0.1, 0.15) is 0 Å². The van der Waals surface area contributed by atoms with Crippen molar-refractivity contribution < 1.29 is 9.59 Å². The zero-order valence-corrected chi connectivity index (χ0v) is 9.88. The molecular formula is C11H19N3O2. The lowest BCUT2D eigenvalue weighted by molar-refractivity contribution is -0.145. The molecule has 16 heavy (non-hydrogen) atoms. The smallest absolute Gasteiger partial charge is 0.246 e. The van der Waals surface area contributed by atoms with Crippen LogP contribution in [0.1, 0.15) is 20.3 Å². The second-order valence-electron chi connectivity index (χ2n) is 5.18. The first-order valence-corrected chi connectivity index (χ1v) is 5.80. The van der Waals surface area contributed by atoms with Gasteiger partial charge in [-0.1, -0.05) is 0 Å². The zero-order chi connectivity index (χ0) is 11.8. The van der Waals surface area contributed by atoms with E-state index in [2.05, 4.69) is 10.6 Å². The molecule has 2 N–H and O–H groups in total. The number of hydrogen-bond acceptors (Lipinski definition) is 4. The SMILES string of the molecule is CC1(C)C(=O)NC(=O)CN1CC1CCNC1. The van der Waals surface area contributed by atoms with Crippen LogP contribution < -0.4 is 10.6 Å². The Kier molecular flexibility index (Phi) is 2.99. The van der Waals surface area contributed by atoms with E-state index in [4.69, 9.17) is 0 Å². The van der Waals surface area contributed by atoms with E-state index < -0.39 is 5.54 Å². The number of hydrogen-bond donors (Lipinski definition) is 2. The highest BCUT2D eigenvalue weighted by Gasteiger charge is 2.41. The summed E-state index contributed by atoms with van der Waals surface area (Å²) >= 11 is 0. The van der Waals surface area contributed by atoms with Crippen LogP contribution in [0.25, 0.3) is 0 Å². The lowest BCUT2D eigenvalue weighted by Crippen LogP contribution is -2.64. The average Bonchev–Trinajstić information content (AvgIpc) is 2.67. The molecule has 5 nitrogen and oxygen atoms in total. The molecule has 1 atom stereocenters. The Morgan fingerprint density at radius 1 is 1.44 bits per heavy atom. The molecule has 0 spiro atoms. The van der Waals surface area contributed by atoms with Crippen LogP contribution in [0, 0.1) is 5.92 Å². The number of carbonyl (C=O) groups is 2. The van der Waals surface area contributed by atoms with Crippen molar-refractivity contribution >= 4 is 11.8 Å². The van der Waals surface area contributed by atoms with Gasteiger partial charge >= 0.3 is 0 Å². The molecule has 0 aliphatic carbocycles. The summed E-state index contributed by atoms with van der Waals surface area (Å²) < 4.78 is 0. The van der Waals surface area contributed by atoms with Gasteiger partial charge in [-0.3, -0.25) is 19.8 Å². The molecule has 0 aromatic carbocycles. The fourth-order valence-corrected chi connectivity index (χ4v) is 2.31. The summed E-state index contributed by atoms with van der Waals surface area (Å²) in [5.41, 5.74) is -0.573. The van der Waals surface area contributed by atoms with Crippen molar-refractivity contribution in [2.75, 3.05) is 26.2 Å². The van der Waals surface area contributed by atoms with Gasteiger partial charge in [-0.2, -0.15) is 0 Å². The van der Waals surface area contributed by atoms with Crippen LogP contribution in [0.15, 0.2) is 0 Å². The van der Waals surface area contributed by atoms with Crippen LogP contribution in [0.5, 0.6) is 0 Å². The van der Waals surface area contributed by atoms with Crippen molar-refractivity contribution in [2.24, 2.45) is 5.92 Å². The van der Waals surface area contributed by atoms with Crippen LogP contribution in [-0.2, 0) is 9.59 Å². The van der Waals surface area contributed by atoms with Gasteiger partial charge < -0.3 is 5.32 Å². The fraction of sp³-hybridized carbons (Fsp3) is 0.818. The summed E-state index contributed by atoms with van der Waals surface area (Å²) in [6.45, 7) is 6.92. The third kappa shape index (κ3) is 2.10. The van der Waals surface area contributed by atoms with Gasteiger partial charge in [-0.25, -0.2) is 0 Å². The maximum absolute atomic E-state index is 11.7. The monoisotopic (exact) mass is 225 g/mol. The van der Waals surface area contributed by atoms with E-state index in [0.29, 0.717) is 12.5 Å². The topological polar surface area (TPSA) is 61.4 Å². The number of carbonyl (C=O) groups excluding carboxylic acids is 2. The Balaban J connectivity index is 2.04. The highest BCUT2D eigenvalue weighted by Crippen LogP contribution is 2.21. The summed E-state index contributed by atoms with van der Waals surface area (Å²) in [5.74, 6) is 0.183. The van der Waals surface area contributed by atoms with E-state index >= 15 is 0 Å². The van der Waals surface area contributed by atoms with Crippen LogP contribution in [0.2, 0.25) is 0 Å². The van der Waals surface area contributed by atoms with Crippen molar-refractivity contribution in [2.45, 2.75) is 25.8 Å². The average molecular weight is 225 g/mol. The molecule has 0 saturated carbocycles. The van der Waals surface area contributed by atoms with Gasteiger partial charge in [0.15, 0.2) is 0 Å². The Hall–Kier alpha value is -0.940. The highest BCUT2D eigenvalue weighted by atomic mass is 16.2. The van der Waals surface area contributed by atoms with Gasteiger partial charge in [-0.05, 0) is 39.3 Å². The van der Waals surface area contributed by atoms with Crippen LogP contribution >= 0.6 is 0 Å². The molecule has 90 valence electrons. The highest BCUT2D eigenvalue weighted by molar-refractivity contribution is 6.02. The van der Waals surface area contributed by atoms with E-state index in [1.807, 2.05) is 18.7 Å². The minimum atomic E-state index is -0.573. The maximum atomic E-state index is 11.7. The summed E-state index contributed by atoms with van der Waals surface area (Å²) in [4.78, 5) is 25.1. The molecule has 2 rings (SSSR count). The molecule has 2 saturated heterocycles. The van der Waals surface area contributed by atoms with Crippen molar-refractivity contribution in [3.63, 3.8) is 0 Å². The Labute approximate surface area is 95.6 Å². The standard InChI is InChI=1S/C11H19N3O2/c1-11(2)10(16)13-9(15)7-14(11)6-8-3-4-12-5-8/h8,12H,3-7H2,1-2H3,(H,13,15,16). The largest absolute Gasteiger partial charge is 0.316 e. The van der Waals surface area contributed by atoms with Crippen molar-refractivity contribution in [3.05, 3.63) is 0 Å². The molecule has 1 unspecified atom stereocenters. The number of imide groups is 1. The minimum Gasteiger partial charge on any atom is -0.316 e. The minimum absolute atomic E-state index is 0.185. The van der Waals surface area contributed by atoms with Crippen molar-refractivity contribution in [3.8, 4) is 0 Å². The van der Waals surface area contributed by atoms with E-state index in [9.17, 15) is 9.59 Å². The first-order valence-electron chi connectivity index (χ1n) is 5.80. The molecule has 2 aliphatic rings. The maximum Gasteiger partial charge on any atom is 0.246 e. The molecule has 0 radical (unpaired) electrons. The van der Waals surface area contributed by atoms with Crippen LogP contribution in [0.3, 0.4) is 0 Å². The van der Waals surface area contributed by atoms with E-state index in [-0.39, 0.29) is 11.8 Å². The van der Waals surface area contributed by atoms with E-state index in [1.165, 1.54) is 0 Å². The first-order chi connectivity index (χ1) is 7.50. The third-order valence-electron chi connectivity index (χ3n) is 3.57. The van der Waals surface area contributed by atoms with Gasteiger partial charge in [0.2, 0.25) is 11.8 Å². The molecule has 2 heterocycles. The number of nitrogens with one attached hydrogen (secondary N) is 2. The van der Waals surface area contributed by atoms with Crippen LogP contribution in [-0.4, -0.2) is 48.4 Å². The molecule has 5 heteroatoms. The quantitative estimate of drug-likeness (QED) is 0.612. The second-order valence-corrected chi connectivity index (χ2v) is 5.18. The first kappa shape index (κ1) is 11.5. The summed E-state index contributed by atoms with van der Waals surface area (Å²) in [6, 6.07) is 0. The van der Waals surface area contributed by atoms with E-state index in [1.54, 1.807) is 0 Å². The molecule has 2 aliphatic heterocycles. The summed E-state index contributed by atoms with van der Waals surface area (Å²) in [7, 11) is 0. The molecule has 0 bridgehead atoms. The molecule has 0 aromatic heterocycles. The van der Waals surface area contributed by atoms with Crippen molar-refractivity contribution in [1.82, 2.24) is 15.5 Å². The number of rotatable bonds is 2. The molecule has 0 aromatic rings. The Morgan fingerprint density at radius 3 is 2.81 bits per heavy atom. The van der Waals surface area contributed by atoms with Crippen LogP contribution in [0.4, 0.5) is 0 Å². The number of piperazine rings is 1. The number of nitrogens with zero attached hydrogens (tertiary/aromatic N) is 1. The normalized spacial score (nSPS) is 30.5. The Morgan fingerprint density at radius 2 is 2.19 bits per heavy atom. The third-order valence-corrected chi connectivity index (χ3v) is 3.57. The molecular weight excluding hydrogens is 206 g/mol. The Bertz CT molecular complexity index is 308. The molecule has 2 fully saturated rings. The zero-order valence-electron chi connectivity index (χ0n) is 9.88. The predicted octanol–water partition coefficient (Wildman–Crippen LogP) is -0.667. The summed E-state index contributed by atoms with van der Waals surface area (Å²) in [5, 5.41) is 5.69. The predicted molar refractivity (Wildman–Crippen MR) is 59.8 cm³/mol. The number of amides is 2. The van der Waals surface area contributed by atoms with Gasteiger partial charge in [0, 0.05) is 6.54 Å². The fourth-order valence-electron chi connectivity index (χ4n) is 2.31. The molecule has 2 amide bonds. The summed E-state index contributed by atoms with van der Waals surface area (Å²) in [6.07, 6.45) is 1.13. The van der Waals surface area contributed by atoms with Gasteiger partial charge in [0.05, 0.1) is 12.1 Å². The van der Waals surface area contributed by atoms with E-state index in [0.717, 1.165) is 26.1 Å². The van der Waals surface area contributed by atoms with Crippen molar-refractivity contribution in [1.29, 1.82) is 0 Å². The lowest BCUT2D eigenvalue weighted by Gasteiger charge is -2.41. The second kappa shape index (κ2) is 4.14.